The first kappa shape index (κ1) is 10.9. The van der Waals surface area contributed by atoms with Crippen LogP contribution in [-0.2, 0) is 0 Å². The number of rotatable bonds is 1. The molecule has 1 saturated heterocycles. The van der Waals surface area contributed by atoms with E-state index in [4.69, 9.17) is 0 Å². The minimum absolute atomic E-state index is 0.924. The zero-order valence-electron chi connectivity index (χ0n) is 8.58. The van der Waals surface area contributed by atoms with Crippen molar-refractivity contribution < 1.29 is 0 Å². The molecule has 1 aliphatic heterocycles. The Bertz CT molecular complexity index is 228. The Labute approximate surface area is 86.1 Å². The molecule has 0 radical (unpaired) electrons. The van der Waals surface area contributed by atoms with Gasteiger partial charge in [0.2, 0.25) is 0 Å². The van der Waals surface area contributed by atoms with Crippen LogP contribution in [0.4, 0.5) is 0 Å². The van der Waals surface area contributed by atoms with Gasteiger partial charge >= 0.3 is 0 Å². The van der Waals surface area contributed by atoms with Crippen molar-refractivity contribution in [2.45, 2.75) is 19.3 Å². The maximum Gasteiger partial charge on any atom is 0.0623 e. The van der Waals surface area contributed by atoms with Crippen molar-refractivity contribution >= 4 is 6.08 Å². The van der Waals surface area contributed by atoms with Gasteiger partial charge in [-0.15, -0.1) is 0 Å². The summed E-state index contributed by atoms with van der Waals surface area (Å²) in [6.45, 7) is 6.07. The SMILES string of the molecule is C1CCNCC1.C=Cc1ccccn1. The Kier molecular flexibility index (Phi) is 5.68. The van der Waals surface area contributed by atoms with E-state index in [1.807, 2.05) is 18.2 Å². The highest BCUT2D eigenvalue weighted by Gasteiger charge is 1.93. The Hall–Kier alpha value is -1.15. The van der Waals surface area contributed by atoms with E-state index in [0.29, 0.717) is 0 Å². The number of hydrogen-bond acceptors (Lipinski definition) is 2. The molecule has 1 aromatic heterocycles. The van der Waals surface area contributed by atoms with Gasteiger partial charge in [0.15, 0.2) is 0 Å². The first-order chi connectivity index (χ1) is 6.93. The molecule has 1 aromatic rings. The van der Waals surface area contributed by atoms with E-state index in [0.717, 1.165) is 5.69 Å². The van der Waals surface area contributed by atoms with Gasteiger partial charge in [0.05, 0.1) is 5.69 Å². The number of hydrogen-bond donors (Lipinski definition) is 1. The lowest BCUT2D eigenvalue weighted by Crippen LogP contribution is -2.21. The average molecular weight is 190 g/mol. The Morgan fingerprint density at radius 3 is 2.29 bits per heavy atom. The van der Waals surface area contributed by atoms with Gasteiger partial charge in [0, 0.05) is 6.20 Å². The van der Waals surface area contributed by atoms with Crippen molar-refractivity contribution in [2.24, 2.45) is 0 Å². The number of nitrogens with zero attached hydrogens (tertiary/aromatic N) is 1. The van der Waals surface area contributed by atoms with Crippen molar-refractivity contribution in [1.82, 2.24) is 10.3 Å². The van der Waals surface area contributed by atoms with Crippen LogP contribution in [0.15, 0.2) is 31.0 Å². The molecule has 2 rings (SSSR count). The third-order valence-electron chi connectivity index (χ3n) is 2.10. The molecule has 0 saturated carbocycles. The van der Waals surface area contributed by atoms with Crippen LogP contribution < -0.4 is 5.32 Å². The molecule has 0 aliphatic carbocycles. The molecule has 2 nitrogen and oxygen atoms in total. The van der Waals surface area contributed by atoms with Gasteiger partial charge in [-0.1, -0.05) is 19.1 Å². The van der Waals surface area contributed by atoms with E-state index in [9.17, 15) is 0 Å². The highest BCUT2D eigenvalue weighted by atomic mass is 14.9. The summed E-state index contributed by atoms with van der Waals surface area (Å²) < 4.78 is 0. The van der Waals surface area contributed by atoms with Crippen molar-refractivity contribution in [2.75, 3.05) is 13.1 Å². The zero-order chi connectivity index (χ0) is 10.1. The molecule has 2 heteroatoms. The summed E-state index contributed by atoms with van der Waals surface area (Å²) in [5.41, 5.74) is 0.924. The van der Waals surface area contributed by atoms with E-state index < -0.39 is 0 Å². The van der Waals surface area contributed by atoms with Crippen molar-refractivity contribution in [3.63, 3.8) is 0 Å². The van der Waals surface area contributed by atoms with E-state index in [1.165, 1.54) is 32.4 Å². The molecule has 1 aliphatic rings. The minimum Gasteiger partial charge on any atom is -0.317 e. The van der Waals surface area contributed by atoms with Gasteiger partial charge in [-0.2, -0.15) is 0 Å². The zero-order valence-corrected chi connectivity index (χ0v) is 8.58. The summed E-state index contributed by atoms with van der Waals surface area (Å²) >= 11 is 0. The second kappa shape index (κ2) is 7.27. The predicted octanol–water partition coefficient (Wildman–Crippen LogP) is 2.48. The molecule has 0 aromatic carbocycles. The van der Waals surface area contributed by atoms with Crippen LogP contribution in [0.2, 0.25) is 0 Å². The molecule has 14 heavy (non-hydrogen) atoms. The summed E-state index contributed by atoms with van der Waals surface area (Å²) in [5, 5.41) is 3.28. The summed E-state index contributed by atoms with van der Waals surface area (Å²) in [5.74, 6) is 0. The molecule has 76 valence electrons. The van der Waals surface area contributed by atoms with E-state index in [1.54, 1.807) is 12.3 Å². The molecule has 0 spiro atoms. The topological polar surface area (TPSA) is 24.9 Å². The van der Waals surface area contributed by atoms with Crippen LogP contribution >= 0.6 is 0 Å². The maximum atomic E-state index is 3.98. The van der Waals surface area contributed by atoms with Crippen LogP contribution in [0, 0.1) is 0 Å². The number of pyridine rings is 1. The number of nitrogens with one attached hydrogen (secondary N) is 1. The lowest BCUT2D eigenvalue weighted by molar-refractivity contribution is 0.520. The summed E-state index contributed by atoms with van der Waals surface area (Å²) in [7, 11) is 0. The monoisotopic (exact) mass is 190 g/mol. The predicted molar refractivity (Wildman–Crippen MR) is 61.0 cm³/mol. The molecule has 1 N–H and O–H groups in total. The molecule has 0 atom stereocenters. The van der Waals surface area contributed by atoms with Crippen LogP contribution in [0.1, 0.15) is 25.0 Å². The Morgan fingerprint density at radius 1 is 1.21 bits per heavy atom. The largest absolute Gasteiger partial charge is 0.317 e. The van der Waals surface area contributed by atoms with Gasteiger partial charge in [-0.3, -0.25) is 4.98 Å². The number of piperidine rings is 1. The fraction of sp³-hybridized carbons (Fsp3) is 0.417. The Balaban J connectivity index is 0.000000146. The normalized spacial score (nSPS) is 15.1. The minimum atomic E-state index is 0.924. The fourth-order valence-electron chi connectivity index (χ4n) is 1.30. The van der Waals surface area contributed by atoms with Crippen molar-refractivity contribution in [3.8, 4) is 0 Å². The highest BCUT2D eigenvalue weighted by Crippen LogP contribution is 1.96. The molecule has 2 heterocycles. The van der Waals surface area contributed by atoms with Crippen molar-refractivity contribution in [1.29, 1.82) is 0 Å². The number of aromatic nitrogens is 1. The molecule has 0 unspecified atom stereocenters. The van der Waals surface area contributed by atoms with Crippen LogP contribution in [-0.4, -0.2) is 18.1 Å². The molecular weight excluding hydrogens is 172 g/mol. The van der Waals surface area contributed by atoms with Gasteiger partial charge in [0.1, 0.15) is 0 Å². The van der Waals surface area contributed by atoms with Gasteiger partial charge < -0.3 is 5.32 Å². The summed E-state index contributed by atoms with van der Waals surface area (Å²) in [6, 6.07) is 5.73. The van der Waals surface area contributed by atoms with Crippen molar-refractivity contribution in [3.05, 3.63) is 36.7 Å². The van der Waals surface area contributed by atoms with Crippen LogP contribution in [0.3, 0.4) is 0 Å². The molecular formula is C12H18N2. The standard InChI is InChI=1S/C7H7N.C5H11N/c1-2-7-5-3-4-6-8-7;1-2-4-6-5-3-1/h2-6H,1H2;6H,1-5H2. The molecule has 1 fully saturated rings. The second-order valence-electron chi connectivity index (χ2n) is 3.27. The first-order valence-corrected chi connectivity index (χ1v) is 5.17. The lowest BCUT2D eigenvalue weighted by Gasteiger charge is -2.08. The van der Waals surface area contributed by atoms with Crippen LogP contribution in [0.5, 0.6) is 0 Å². The lowest BCUT2D eigenvalue weighted by atomic mass is 10.2. The van der Waals surface area contributed by atoms with Crippen LogP contribution in [0.25, 0.3) is 6.08 Å². The second-order valence-corrected chi connectivity index (χ2v) is 3.27. The Morgan fingerprint density at radius 2 is 2.00 bits per heavy atom. The van der Waals surface area contributed by atoms with Gasteiger partial charge in [-0.05, 0) is 44.1 Å². The van der Waals surface area contributed by atoms with Gasteiger partial charge in [-0.25, -0.2) is 0 Å². The molecule has 0 bridgehead atoms. The van der Waals surface area contributed by atoms with Gasteiger partial charge in [0.25, 0.3) is 0 Å². The molecule has 0 amide bonds. The third kappa shape index (κ3) is 4.77. The average Bonchev–Trinajstić information content (AvgIpc) is 2.33. The first-order valence-electron chi connectivity index (χ1n) is 5.17. The highest BCUT2D eigenvalue weighted by molar-refractivity contribution is 5.40. The fourth-order valence-corrected chi connectivity index (χ4v) is 1.30. The summed E-state index contributed by atoms with van der Waals surface area (Å²) in [6.07, 6.45) is 7.68. The van der Waals surface area contributed by atoms with E-state index >= 15 is 0 Å². The maximum absolute atomic E-state index is 3.98. The van der Waals surface area contributed by atoms with E-state index in [2.05, 4.69) is 16.9 Å². The quantitative estimate of drug-likeness (QED) is 0.736. The smallest absolute Gasteiger partial charge is 0.0623 e. The third-order valence-corrected chi connectivity index (χ3v) is 2.10. The van der Waals surface area contributed by atoms with E-state index in [-0.39, 0.29) is 0 Å². The summed E-state index contributed by atoms with van der Waals surface area (Å²) in [4.78, 5) is 3.98.